The van der Waals surface area contributed by atoms with Gasteiger partial charge in [0.25, 0.3) is 5.91 Å². The van der Waals surface area contributed by atoms with Crippen molar-refractivity contribution in [2.75, 3.05) is 13.1 Å². The molecule has 1 aromatic carbocycles. The minimum absolute atomic E-state index is 0.0888. The van der Waals surface area contributed by atoms with Crippen molar-refractivity contribution in [2.24, 2.45) is 0 Å². The van der Waals surface area contributed by atoms with E-state index >= 15 is 0 Å². The van der Waals surface area contributed by atoms with Crippen LogP contribution in [-0.4, -0.2) is 57.7 Å². The number of carbonyl (C=O) groups is 3. The Morgan fingerprint density at radius 1 is 1.15 bits per heavy atom. The Morgan fingerprint density at radius 2 is 2.00 bits per heavy atom. The summed E-state index contributed by atoms with van der Waals surface area (Å²) in [6.07, 6.45) is 3.59. The second kappa shape index (κ2) is 8.59. The average Bonchev–Trinajstić information content (AvgIpc) is 3.34. The third kappa shape index (κ3) is 4.35. The van der Waals surface area contributed by atoms with E-state index < -0.39 is 11.9 Å². The summed E-state index contributed by atoms with van der Waals surface area (Å²) in [5.74, 6) is -0.101. The summed E-state index contributed by atoms with van der Waals surface area (Å²) in [4.78, 5) is 44.9. The molecule has 8 nitrogen and oxygen atoms in total. The van der Waals surface area contributed by atoms with Gasteiger partial charge in [0.15, 0.2) is 0 Å². The van der Waals surface area contributed by atoms with Crippen LogP contribution in [0.4, 0.5) is 0 Å². The van der Waals surface area contributed by atoms with Gasteiger partial charge in [-0.25, -0.2) is 0 Å². The van der Waals surface area contributed by atoms with Crippen molar-refractivity contribution in [1.82, 2.24) is 20.1 Å². The third-order valence-corrected chi connectivity index (χ3v) is 6.83. The Kier molecular flexibility index (Phi) is 5.62. The van der Waals surface area contributed by atoms with E-state index in [2.05, 4.69) is 28.2 Å². The van der Waals surface area contributed by atoms with Crippen LogP contribution >= 0.6 is 0 Å². The average molecular weight is 449 g/mol. The van der Waals surface area contributed by atoms with Crippen molar-refractivity contribution in [1.29, 1.82) is 0 Å². The molecular formula is C25H28N4O4. The van der Waals surface area contributed by atoms with Crippen LogP contribution in [0.5, 0.6) is 5.75 Å². The van der Waals surface area contributed by atoms with Crippen molar-refractivity contribution >= 4 is 17.7 Å². The first-order chi connectivity index (χ1) is 15.9. The topological polar surface area (TPSA) is 91.8 Å². The normalized spacial score (nSPS) is 23.1. The molecule has 172 valence electrons. The molecule has 4 heterocycles. The predicted octanol–water partition coefficient (Wildman–Crippen LogP) is 2.11. The lowest BCUT2D eigenvalue weighted by atomic mass is 10.0. The first-order valence-corrected chi connectivity index (χ1v) is 11.5. The van der Waals surface area contributed by atoms with E-state index in [-0.39, 0.29) is 24.3 Å². The van der Waals surface area contributed by atoms with Gasteiger partial charge in [0.05, 0.1) is 0 Å². The first kappa shape index (κ1) is 21.6. The zero-order chi connectivity index (χ0) is 23.1. The molecule has 0 radical (unpaired) electrons. The van der Waals surface area contributed by atoms with E-state index in [9.17, 15) is 14.4 Å². The van der Waals surface area contributed by atoms with Gasteiger partial charge < -0.3 is 9.64 Å². The number of imide groups is 1. The van der Waals surface area contributed by atoms with E-state index in [1.54, 1.807) is 11.0 Å². The number of likely N-dealkylation sites (tertiary alicyclic amines) is 1. The van der Waals surface area contributed by atoms with Crippen molar-refractivity contribution in [3.05, 3.63) is 58.4 Å². The number of ether oxygens (including phenoxy) is 1. The minimum Gasteiger partial charge on any atom is -0.489 e. The van der Waals surface area contributed by atoms with Crippen molar-refractivity contribution in [3.8, 4) is 5.75 Å². The Bertz CT molecular complexity index is 1130. The molecule has 3 aliphatic heterocycles. The standard InChI is InChI=1S/C25H28N4O4/c1-15-9-17(11-26-16(15)2)12-28-8-7-20(14-28)33-19-3-4-21-18(10-19)13-29(25(21)32)22-5-6-23(30)27-24(22)31/h3-4,9-11,20,22H,5-8,12-14H2,1-2H3,(H,27,30,31)/t20-,22?/m0/s1. The molecule has 0 aliphatic carbocycles. The molecule has 2 atom stereocenters. The number of amides is 3. The molecule has 33 heavy (non-hydrogen) atoms. The zero-order valence-electron chi connectivity index (χ0n) is 19.0. The van der Waals surface area contributed by atoms with Crippen LogP contribution < -0.4 is 10.1 Å². The van der Waals surface area contributed by atoms with E-state index in [0.29, 0.717) is 18.5 Å². The van der Waals surface area contributed by atoms with Gasteiger partial charge >= 0.3 is 0 Å². The molecule has 0 bridgehead atoms. The van der Waals surface area contributed by atoms with Gasteiger partial charge in [-0.05, 0) is 61.6 Å². The monoisotopic (exact) mass is 448 g/mol. The fraction of sp³-hybridized carbons (Fsp3) is 0.440. The number of nitrogens with one attached hydrogen (secondary N) is 1. The maximum atomic E-state index is 12.8. The fourth-order valence-corrected chi connectivity index (χ4v) is 4.90. The maximum Gasteiger partial charge on any atom is 0.255 e. The van der Waals surface area contributed by atoms with Gasteiger partial charge in [0, 0.05) is 50.1 Å². The number of piperidine rings is 1. The van der Waals surface area contributed by atoms with Crippen molar-refractivity contribution < 1.29 is 19.1 Å². The van der Waals surface area contributed by atoms with E-state index in [1.165, 1.54) is 11.1 Å². The smallest absolute Gasteiger partial charge is 0.255 e. The highest BCUT2D eigenvalue weighted by atomic mass is 16.5. The number of hydrogen-bond donors (Lipinski definition) is 1. The molecule has 1 aromatic heterocycles. The van der Waals surface area contributed by atoms with E-state index in [1.807, 2.05) is 25.3 Å². The van der Waals surface area contributed by atoms with Gasteiger partial charge in [-0.2, -0.15) is 0 Å². The number of rotatable bonds is 5. The number of benzene rings is 1. The van der Waals surface area contributed by atoms with Crippen LogP contribution in [0.2, 0.25) is 0 Å². The molecule has 1 unspecified atom stereocenters. The Balaban J connectivity index is 1.20. The zero-order valence-corrected chi connectivity index (χ0v) is 19.0. The maximum absolute atomic E-state index is 12.8. The molecule has 2 aromatic rings. The molecule has 3 amide bonds. The fourth-order valence-electron chi connectivity index (χ4n) is 4.90. The molecule has 8 heteroatoms. The van der Waals surface area contributed by atoms with Gasteiger partial charge in [-0.1, -0.05) is 6.07 Å². The summed E-state index contributed by atoms with van der Waals surface area (Å²) in [5.41, 5.74) is 4.94. The number of hydrogen-bond acceptors (Lipinski definition) is 6. The molecule has 0 spiro atoms. The van der Waals surface area contributed by atoms with Gasteiger partial charge in [-0.15, -0.1) is 0 Å². The summed E-state index contributed by atoms with van der Waals surface area (Å²) in [6.45, 7) is 7.12. The highest BCUT2D eigenvalue weighted by Crippen LogP contribution is 2.31. The van der Waals surface area contributed by atoms with Crippen LogP contribution in [0, 0.1) is 13.8 Å². The third-order valence-electron chi connectivity index (χ3n) is 6.83. The second-order valence-corrected chi connectivity index (χ2v) is 9.23. The SMILES string of the molecule is Cc1cc(CN2CC[C@H](Oc3ccc4c(c3)CN(C3CCC(=O)NC3=O)C4=O)C2)cnc1C. The van der Waals surface area contributed by atoms with Crippen LogP contribution in [0.3, 0.4) is 0 Å². The molecule has 0 saturated carbocycles. The van der Waals surface area contributed by atoms with Crippen LogP contribution in [-0.2, 0) is 22.7 Å². The predicted molar refractivity (Wildman–Crippen MR) is 121 cm³/mol. The molecular weight excluding hydrogens is 420 g/mol. The van der Waals surface area contributed by atoms with Crippen LogP contribution in [0.1, 0.15) is 52.0 Å². The highest BCUT2D eigenvalue weighted by molar-refractivity contribution is 6.05. The second-order valence-electron chi connectivity index (χ2n) is 9.23. The largest absolute Gasteiger partial charge is 0.489 e. The number of aryl methyl sites for hydroxylation is 2. The Labute approximate surface area is 192 Å². The molecule has 1 N–H and O–H groups in total. The van der Waals surface area contributed by atoms with Gasteiger partial charge in [-0.3, -0.25) is 29.6 Å². The lowest BCUT2D eigenvalue weighted by molar-refractivity contribution is -0.136. The molecule has 2 fully saturated rings. The summed E-state index contributed by atoms with van der Waals surface area (Å²) < 4.78 is 6.25. The Morgan fingerprint density at radius 3 is 2.79 bits per heavy atom. The summed E-state index contributed by atoms with van der Waals surface area (Å²) in [7, 11) is 0. The minimum atomic E-state index is -0.602. The summed E-state index contributed by atoms with van der Waals surface area (Å²) in [6, 6.07) is 7.12. The lowest BCUT2D eigenvalue weighted by Crippen LogP contribution is -2.52. The quantitative estimate of drug-likeness (QED) is 0.705. The summed E-state index contributed by atoms with van der Waals surface area (Å²) >= 11 is 0. The number of fused-ring (bicyclic) bond motifs is 1. The number of pyridine rings is 1. The molecule has 5 rings (SSSR count). The first-order valence-electron chi connectivity index (χ1n) is 11.5. The van der Waals surface area contributed by atoms with Gasteiger partial charge in [0.1, 0.15) is 17.9 Å². The highest BCUT2D eigenvalue weighted by Gasteiger charge is 2.39. The Hall–Kier alpha value is -3.26. The summed E-state index contributed by atoms with van der Waals surface area (Å²) in [5, 5.41) is 2.34. The number of aromatic nitrogens is 1. The van der Waals surface area contributed by atoms with E-state index in [4.69, 9.17) is 4.74 Å². The van der Waals surface area contributed by atoms with Crippen molar-refractivity contribution in [2.45, 2.75) is 58.3 Å². The van der Waals surface area contributed by atoms with E-state index in [0.717, 1.165) is 43.1 Å². The van der Waals surface area contributed by atoms with Crippen molar-refractivity contribution in [3.63, 3.8) is 0 Å². The molecule has 3 aliphatic rings. The van der Waals surface area contributed by atoms with Gasteiger partial charge in [0.2, 0.25) is 11.8 Å². The molecule has 2 saturated heterocycles. The van der Waals surface area contributed by atoms with Crippen LogP contribution in [0.25, 0.3) is 0 Å². The number of carbonyl (C=O) groups excluding carboxylic acids is 3. The van der Waals surface area contributed by atoms with Crippen LogP contribution in [0.15, 0.2) is 30.5 Å². The lowest BCUT2D eigenvalue weighted by Gasteiger charge is -2.29. The number of nitrogens with zero attached hydrogens (tertiary/aromatic N) is 3.